The smallest absolute Gasteiger partial charge is 0 e. The summed E-state index contributed by atoms with van der Waals surface area (Å²) in [7, 11) is 0. The molecule has 1 aromatic rings. The number of furan rings is 1. The molecule has 1 radical (unpaired) electrons. The molecule has 0 bridgehead atoms. The third-order valence-electron chi connectivity index (χ3n) is 0.844. The first-order valence-electron chi connectivity index (χ1n) is 2.37. The first-order chi connectivity index (χ1) is 3.43. The van der Waals surface area contributed by atoms with Gasteiger partial charge in [-0.05, 0) is 12.2 Å². The fourth-order valence-electron chi connectivity index (χ4n) is 0.463. The Morgan fingerprint density at radius 3 is 2.75 bits per heavy atom. The Hall–Kier alpha value is -0.136. The van der Waals surface area contributed by atoms with Gasteiger partial charge in [0.2, 0.25) is 0 Å². The van der Waals surface area contributed by atoms with E-state index in [0.717, 1.165) is 12.2 Å². The van der Waals surface area contributed by atoms with Crippen LogP contribution in [0.1, 0.15) is 12.7 Å². The summed E-state index contributed by atoms with van der Waals surface area (Å²) in [6, 6.07) is 4.70. The number of hydrogen-bond acceptors (Lipinski definition) is 1. The van der Waals surface area contributed by atoms with Crippen molar-refractivity contribution in [2.24, 2.45) is 0 Å². The van der Waals surface area contributed by atoms with Crippen LogP contribution in [-0.2, 0) is 25.0 Å². The summed E-state index contributed by atoms with van der Waals surface area (Å²) in [4.78, 5) is 0. The van der Waals surface area contributed by atoms with Crippen molar-refractivity contribution in [3.63, 3.8) is 0 Å². The number of aryl methyl sites for hydroxylation is 1. The maximum Gasteiger partial charge on any atom is 0 e. The molecule has 0 spiro atoms. The summed E-state index contributed by atoms with van der Waals surface area (Å²) in [6.07, 6.45) is 2.58. The molecule has 0 aliphatic carbocycles. The molecule has 1 heterocycles. The first-order valence-corrected chi connectivity index (χ1v) is 2.37. The molecule has 1 nitrogen and oxygen atoms in total. The average molecular weight is 146 g/mol. The Balaban J connectivity index is 0.000000490. The summed E-state index contributed by atoms with van der Waals surface area (Å²) in [5.41, 5.74) is 0. The second kappa shape index (κ2) is 3.82. The van der Waals surface area contributed by atoms with E-state index in [-0.39, 0.29) is 18.6 Å². The van der Waals surface area contributed by atoms with Crippen molar-refractivity contribution >= 4 is 0 Å². The fourth-order valence-corrected chi connectivity index (χ4v) is 0.463. The van der Waals surface area contributed by atoms with Gasteiger partial charge in [-0.15, -0.1) is 0 Å². The first kappa shape index (κ1) is 7.86. The van der Waals surface area contributed by atoms with Crippen LogP contribution in [0, 0.1) is 6.07 Å². The van der Waals surface area contributed by atoms with Gasteiger partial charge in [-0.1, -0.05) is 13.2 Å². The van der Waals surface area contributed by atoms with Crippen molar-refractivity contribution in [2.75, 3.05) is 0 Å². The Kier molecular flexibility index (Phi) is 3.75. The van der Waals surface area contributed by atoms with Crippen molar-refractivity contribution in [2.45, 2.75) is 13.3 Å². The summed E-state index contributed by atoms with van der Waals surface area (Å²) in [6.45, 7) is 2.04. The molecule has 8 heavy (non-hydrogen) atoms. The maximum absolute atomic E-state index is 4.93. The van der Waals surface area contributed by atoms with E-state index in [9.17, 15) is 0 Å². The molecular formula is C6H7OV-. The standard InChI is InChI=1S/C6H7O.V/c1-2-6-4-3-5-7-6;/h3,5H,2H2,1H3;/q-1;. The summed E-state index contributed by atoms with van der Waals surface area (Å²) < 4.78 is 4.93. The second-order valence-corrected chi connectivity index (χ2v) is 1.34. The van der Waals surface area contributed by atoms with Gasteiger partial charge in [0.1, 0.15) is 0 Å². The van der Waals surface area contributed by atoms with Crippen LogP contribution in [-0.4, -0.2) is 0 Å². The molecular weight excluding hydrogens is 139 g/mol. The minimum atomic E-state index is 0. The van der Waals surface area contributed by atoms with E-state index < -0.39 is 0 Å². The predicted octanol–water partition coefficient (Wildman–Crippen LogP) is 1.64. The van der Waals surface area contributed by atoms with Crippen LogP contribution in [0.15, 0.2) is 16.7 Å². The van der Waals surface area contributed by atoms with E-state index in [4.69, 9.17) is 4.42 Å². The van der Waals surface area contributed by atoms with E-state index in [2.05, 4.69) is 6.07 Å². The normalized spacial score (nSPS) is 8.12. The van der Waals surface area contributed by atoms with Gasteiger partial charge in [-0.2, -0.15) is 6.07 Å². The topological polar surface area (TPSA) is 13.1 Å². The van der Waals surface area contributed by atoms with Crippen molar-refractivity contribution in [3.05, 3.63) is 24.2 Å². The van der Waals surface area contributed by atoms with Gasteiger partial charge in [0.15, 0.2) is 0 Å². The van der Waals surface area contributed by atoms with Crippen molar-refractivity contribution < 1.29 is 23.0 Å². The maximum atomic E-state index is 4.93. The largest absolute Gasteiger partial charge is 0.573 e. The van der Waals surface area contributed by atoms with Gasteiger partial charge in [-0.25, -0.2) is 6.07 Å². The van der Waals surface area contributed by atoms with Gasteiger partial charge in [-0.3, -0.25) is 0 Å². The Morgan fingerprint density at radius 2 is 2.50 bits per heavy atom. The zero-order valence-electron chi connectivity index (χ0n) is 4.72. The Labute approximate surface area is 61.0 Å². The third-order valence-corrected chi connectivity index (χ3v) is 0.844. The summed E-state index contributed by atoms with van der Waals surface area (Å²) >= 11 is 0. The summed E-state index contributed by atoms with van der Waals surface area (Å²) in [5, 5.41) is 0. The van der Waals surface area contributed by atoms with Crippen LogP contribution in [0.4, 0.5) is 0 Å². The fraction of sp³-hybridized carbons (Fsp3) is 0.333. The van der Waals surface area contributed by atoms with Crippen molar-refractivity contribution in [3.8, 4) is 0 Å². The van der Waals surface area contributed by atoms with Crippen molar-refractivity contribution in [1.29, 1.82) is 0 Å². The van der Waals surface area contributed by atoms with Gasteiger partial charge < -0.3 is 4.42 Å². The zero-order chi connectivity index (χ0) is 5.11. The molecule has 43 valence electrons. The molecule has 0 N–H and O–H groups in total. The second-order valence-electron chi connectivity index (χ2n) is 1.34. The molecule has 0 atom stereocenters. The van der Waals surface area contributed by atoms with E-state index in [1.54, 1.807) is 12.3 Å². The SMILES string of the molecule is CCc1[c-]cco1.[V]. The Morgan fingerprint density at radius 1 is 1.75 bits per heavy atom. The molecule has 0 unspecified atom stereocenters. The van der Waals surface area contributed by atoms with Crippen LogP contribution in [0.25, 0.3) is 0 Å². The molecule has 1 aromatic heterocycles. The van der Waals surface area contributed by atoms with E-state index >= 15 is 0 Å². The minimum absolute atomic E-state index is 0. The van der Waals surface area contributed by atoms with Crippen LogP contribution in [0.2, 0.25) is 0 Å². The van der Waals surface area contributed by atoms with Gasteiger partial charge in [0.25, 0.3) is 0 Å². The molecule has 0 saturated heterocycles. The quantitative estimate of drug-likeness (QED) is 0.549. The molecule has 0 fully saturated rings. The van der Waals surface area contributed by atoms with Crippen molar-refractivity contribution in [1.82, 2.24) is 0 Å². The summed E-state index contributed by atoms with van der Waals surface area (Å²) in [5.74, 6) is 0.931. The molecule has 0 aromatic carbocycles. The number of hydrogen-bond donors (Lipinski definition) is 0. The van der Waals surface area contributed by atoms with Gasteiger partial charge in [0, 0.05) is 18.6 Å². The average Bonchev–Trinajstić information content (AvgIpc) is 2.14. The molecule has 0 aliphatic rings. The molecule has 1 rings (SSSR count). The van der Waals surface area contributed by atoms with E-state index in [1.807, 2.05) is 6.92 Å². The molecule has 2 heteroatoms. The van der Waals surface area contributed by atoms with Gasteiger partial charge in [0.05, 0.1) is 0 Å². The molecule has 0 aliphatic heterocycles. The van der Waals surface area contributed by atoms with E-state index in [0.29, 0.717) is 0 Å². The minimum Gasteiger partial charge on any atom is -0.573 e. The predicted molar refractivity (Wildman–Crippen MR) is 26.9 cm³/mol. The molecule has 0 saturated carbocycles. The Bertz CT molecular complexity index is 123. The van der Waals surface area contributed by atoms with Crippen LogP contribution in [0.5, 0.6) is 0 Å². The monoisotopic (exact) mass is 146 g/mol. The van der Waals surface area contributed by atoms with Crippen LogP contribution in [0.3, 0.4) is 0 Å². The molecule has 0 amide bonds. The zero-order valence-corrected chi connectivity index (χ0v) is 6.11. The number of rotatable bonds is 1. The van der Waals surface area contributed by atoms with Gasteiger partial charge >= 0.3 is 0 Å². The van der Waals surface area contributed by atoms with Crippen LogP contribution < -0.4 is 0 Å². The third kappa shape index (κ3) is 1.77. The van der Waals surface area contributed by atoms with Crippen LogP contribution >= 0.6 is 0 Å². The van der Waals surface area contributed by atoms with E-state index in [1.165, 1.54) is 0 Å².